The molecule has 0 atom stereocenters. The van der Waals surface area contributed by atoms with Crippen LogP contribution >= 0.6 is 0 Å². The van der Waals surface area contributed by atoms with E-state index in [0.29, 0.717) is 6.54 Å². The van der Waals surface area contributed by atoms with Crippen molar-refractivity contribution in [1.29, 1.82) is 0 Å². The lowest BCUT2D eigenvalue weighted by atomic mass is 10.1. The van der Waals surface area contributed by atoms with Crippen LogP contribution in [-0.2, 0) is 41.5 Å². The molecule has 1 amide bonds. The van der Waals surface area contributed by atoms with Crippen molar-refractivity contribution in [2.45, 2.75) is 20.0 Å². The van der Waals surface area contributed by atoms with E-state index in [1.54, 1.807) is 0 Å². The van der Waals surface area contributed by atoms with Gasteiger partial charge >= 0.3 is 11.7 Å². The summed E-state index contributed by atoms with van der Waals surface area (Å²) in [6.07, 6.45) is 1.28. The molecule has 0 aliphatic rings. The van der Waals surface area contributed by atoms with Gasteiger partial charge in [-0.05, 0) is 18.1 Å². The van der Waals surface area contributed by atoms with E-state index in [1.807, 2.05) is 31.2 Å². The van der Waals surface area contributed by atoms with Gasteiger partial charge in [0.25, 0.3) is 11.5 Å². The first kappa shape index (κ1) is 20.1. The lowest BCUT2D eigenvalue weighted by Crippen LogP contribution is -2.37. The molecular weight excluding hydrogens is 378 g/mol. The van der Waals surface area contributed by atoms with Crippen LogP contribution in [0.25, 0.3) is 11.2 Å². The van der Waals surface area contributed by atoms with Crippen molar-refractivity contribution in [3.05, 3.63) is 62.6 Å². The largest absolute Gasteiger partial charge is 0.454 e. The predicted molar refractivity (Wildman–Crippen MR) is 104 cm³/mol. The standard InChI is InChI=1S/C19H21N5O5/c1-12-6-4-5-7-13(12)8-20-14(25)10-29-15(26)9-24-11-21-17-16(24)18(27)23(3)19(28)22(17)2/h4-7,11H,8-10H2,1-3H3,(H,20,25). The van der Waals surface area contributed by atoms with Gasteiger partial charge < -0.3 is 14.6 Å². The number of carbonyl (C=O) groups excluding carboxylic acids is 2. The number of rotatable bonds is 6. The van der Waals surface area contributed by atoms with Crippen LogP contribution in [0.4, 0.5) is 0 Å². The maximum absolute atomic E-state index is 12.4. The highest BCUT2D eigenvalue weighted by Gasteiger charge is 2.17. The molecule has 0 spiro atoms. The maximum Gasteiger partial charge on any atom is 0.332 e. The smallest absolute Gasteiger partial charge is 0.332 e. The summed E-state index contributed by atoms with van der Waals surface area (Å²) in [4.78, 5) is 52.4. The molecule has 0 unspecified atom stereocenters. The van der Waals surface area contributed by atoms with Gasteiger partial charge in [-0.2, -0.15) is 0 Å². The van der Waals surface area contributed by atoms with E-state index in [-0.39, 0.29) is 17.7 Å². The van der Waals surface area contributed by atoms with Crippen LogP contribution in [0.2, 0.25) is 0 Å². The molecule has 2 aromatic heterocycles. The number of amides is 1. The van der Waals surface area contributed by atoms with E-state index < -0.39 is 29.7 Å². The topological polar surface area (TPSA) is 117 Å². The Hall–Kier alpha value is -3.69. The number of nitrogens with one attached hydrogen (secondary N) is 1. The second-order valence-electron chi connectivity index (χ2n) is 6.61. The van der Waals surface area contributed by atoms with Crippen LogP contribution < -0.4 is 16.6 Å². The average Bonchev–Trinajstić information content (AvgIpc) is 3.12. The summed E-state index contributed by atoms with van der Waals surface area (Å²) in [7, 11) is 2.83. The van der Waals surface area contributed by atoms with Crippen LogP contribution in [0.5, 0.6) is 0 Å². The minimum Gasteiger partial charge on any atom is -0.454 e. The summed E-state index contributed by atoms with van der Waals surface area (Å²) in [5.41, 5.74) is 1.22. The second-order valence-corrected chi connectivity index (χ2v) is 6.61. The molecule has 0 bridgehead atoms. The first-order chi connectivity index (χ1) is 13.8. The lowest BCUT2D eigenvalue weighted by Gasteiger charge is -2.09. The number of nitrogens with zero attached hydrogens (tertiary/aromatic N) is 4. The molecule has 0 fully saturated rings. The fourth-order valence-corrected chi connectivity index (χ4v) is 2.90. The number of aromatic nitrogens is 4. The molecule has 0 saturated carbocycles. The highest BCUT2D eigenvalue weighted by Crippen LogP contribution is 2.07. The van der Waals surface area contributed by atoms with Crippen molar-refractivity contribution < 1.29 is 14.3 Å². The van der Waals surface area contributed by atoms with Crippen molar-refractivity contribution >= 4 is 23.0 Å². The van der Waals surface area contributed by atoms with Crippen LogP contribution in [0.3, 0.4) is 0 Å². The van der Waals surface area contributed by atoms with Gasteiger partial charge in [0.1, 0.15) is 6.54 Å². The summed E-state index contributed by atoms with van der Waals surface area (Å²) in [6, 6.07) is 7.63. The average molecular weight is 399 g/mol. The summed E-state index contributed by atoms with van der Waals surface area (Å²) in [5.74, 6) is -1.14. The summed E-state index contributed by atoms with van der Waals surface area (Å²) in [6.45, 7) is 1.53. The number of carbonyl (C=O) groups is 2. The first-order valence-electron chi connectivity index (χ1n) is 8.87. The third-order valence-electron chi connectivity index (χ3n) is 4.62. The van der Waals surface area contributed by atoms with Crippen molar-refractivity contribution in [2.24, 2.45) is 14.1 Å². The Morgan fingerprint density at radius 3 is 2.59 bits per heavy atom. The molecule has 1 aromatic carbocycles. The molecule has 0 saturated heterocycles. The lowest BCUT2D eigenvalue weighted by molar-refractivity contribution is -0.149. The van der Waals surface area contributed by atoms with E-state index in [2.05, 4.69) is 10.3 Å². The molecule has 0 aliphatic carbocycles. The van der Waals surface area contributed by atoms with Gasteiger partial charge in [0, 0.05) is 20.6 Å². The highest BCUT2D eigenvalue weighted by atomic mass is 16.5. The molecule has 0 aliphatic heterocycles. The van der Waals surface area contributed by atoms with Gasteiger partial charge in [0.2, 0.25) is 0 Å². The molecule has 3 aromatic rings. The maximum atomic E-state index is 12.4. The normalized spacial score (nSPS) is 10.9. The van der Waals surface area contributed by atoms with Crippen LogP contribution in [0.15, 0.2) is 40.2 Å². The second kappa shape index (κ2) is 8.13. The SMILES string of the molecule is Cc1ccccc1CNC(=O)COC(=O)Cn1cnc2c1c(=O)n(C)c(=O)n2C. The van der Waals surface area contributed by atoms with E-state index in [0.717, 1.165) is 15.7 Å². The number of ether oxygens (including phenoxy) is 1. The molecule has 10 nitrogen and oxygen atoms in total. The number of fused-ring (bicyclic) bond motifs is 1. The Morgan fingerprint density at radius 2 is 1.86 bits per heavy atom. The molecule has 152 valence electrons. The Kier molecular flexibility index (Phi) is 5.62. The number of esters is 1. The Balaban J connectivity index is 1.61. The van der Waals surface area contributed by atoms with Gasteiger partial charge in [-0.1, -0.05) is 24.3 Å². The molecule has 0 radical (unpaired) electrons. The minimum atomic E-state index is -0.703. The zero-order valence-electron chi connectivity index (χ0n) is 16.3. The Morgan fingerprint density at radius 1 is 1.14 bits per heavy atom. The number of imidazole rings is 1. The zero-order valence-corrected chi connectivity index (χ0v) is 16.3. The number of benzene rings is 1. The quantitative estimate of drug-likeness (QED) is 0.564. The van der Waals surface area contributed by atoms with E-state index in [4.69, 9.17) is 4.74 Å². The zero-order chi connectivity index (χ0) is 21.1. The third-order valence-corrected chi connectivity index (χ3v) is 4.62. The molecule has 10 heteroatoms. The number of hydrogen-bond acceptors (Lipinski definition) is 6. The Labute approximate surface area is 165 Å². The summed E-state index contributed by atoms with van der Waals surface area (Å²) in [5, 5.41) is 2.69. The van der Waals surface area contributed by atoms with Gasteiger partial charge in [0.15, 0.2) is 17.8 Å². The first-order valence-corrected chi connectivity index (χ1v) is 8.87. The monoisotopic (exact) mass is 399 g/mol. The fraction of sp³-hybridized carbons (Fsp3) is 0.316. The summed E-state index contributed by atoms with van der Waals surface area (Å²) < 4.78 is 8.44. The van der Waals surface area contributed by atoms with Gasteiger partial charge in [-0.3, -0.25) is 23.5 Å². The van der Waals surface area contributed by atoms with Crippen molar-refractivity contribution in [1.82, 2.24) is 24.0 Å². The molecular formula is C19H21N5O5. The fourth-order valence-electron chi connectivity index (χ4n) is 2.90. The number of hydrogen-bond donors (Lipinski definition) is 1. The van der Waals surface area contributed by atoms with Crippen molar-refractivity contribution in [2.75, 3.05) is 6.61 Å². The Bertz CT molecular complexity index is 1200. The molecule has 29 heavy (non-hydrogen) atoms. The molecule has 1 N–H and O–H groups in total. The highest BCUT2D eigenvalue weighted by molar-refractivity contribution is 5.81. The van der Waals surface area contributed by atoms with Gasteiger partial charge in [0.05, 0.1) is 6.33 Å². The number of aryl methyl sites for hydroxylation is 2. The van der Waals surface area contributed by atoms with Crippen molar-refractivity contribution in [3.8, 4) is 0 Å². The molecule has 2 heterocycles. The van der Waals surface area contributed by atoms with E-state index >= 15 is 0 Å². The predicted octanol–water partition coefficient (Wildman–Crippen LogP) is -0.398. The van der Waals surface area contributed by atoms with Crippen molar-refractivity contribution in [3.63, 3.8) is 0 Å². The van der Waals surface area contributed by atoms with E-state index in [9.17, 15) is 19.2 Å². The summed E-state index contributed by atoms with van der Waals surface area (Å²) >= 11 is 0. The minimum absolute atomic E-state index is 0.107. The van der Waals surface area contributed by atoms with Crippen LogP contribution in [-0.4, -0.2) is 37.2 Å². The third kappa shape index (κ3) is 4.10. The van der Waals surface area contributed by atoms with Crippen LogP contribution in [0.1, 0.15) is 11.1 Å². The van der Waals surface area contributed by atoms with Crippen LogP contribution in [0, 0.1) is 6.92 Å². The van der Waals surface area contributed by atoms with E-state index in [1.165, 1.54) is 29.6 Å². The molecule has 3 rings (SSSR count). The van der Waals surface area contributed by atoms with Gasteiger partial charge in [-0.15, -0.1) is 0 Å². The van der Waals surface area contributed by atoms with Gasteiger partial charge in [-0.25, -0.2) is 9.78 Å².